The van der Waals surface area contributed by atoms with Gasteiger partial charge in [0.05, 0.1) is 12.9 Å². The number of anilines is 1. The van der Waals surface area contributed by atoms with Gasteiger partial charge in [0.2, 0.25) is 5.91 Å². The summed E-state index contributed by atoms with van der Waals surface area (Å²) < 4.78 is 44.5. The molecule has 0 saturated carbocycles. The molecule has 53 heavy (non-hydrogen) atoms. The van der Waals surface area contributed by atoms with Gasteiger partial charge in [0.15, 0.2) is 22.9 Å². The zero-order chi connectivity index (χ0) is 40.0. The van der Waals surface area contributed by atoms with E-state index < -0.39 is 59.8 Å². The summed E-state index contributed by atoms with van der Waals surface area (Å²) in [4.78, 5) is 29.9. The summed E-state index contributed by atoms with van der Waals surface area (Å²) in [5.74, 6) is 0.0116. The molecule has 2 aromatic rings. The highest BCUT2D eigenvalue weighted by Crippen LogP contribution is 2.57. The first-order valence-corrected chi connectivity index (χ1v) is 27.3. The number of carbonyl (C=O) groups is 1. The molecule has 2 heterocycles. The summed E-state index contributed by atoms with van der Waals surface area (Å²) in [6, 6.07) is 9.48. The van der Waals surface area contributed by atoms with Crippen LogP contribution in [0.4, 0.5) is 5.82 Å². The summed E-state index contributed by atoms with van der Waals surface area (Å²) in [7, 11) is -6.40. The standard InChI is InChI=1S/C39H69N4O7PSi2/c1-15-17-25-51(46,26-18-16-2)35(40-27-29-19-21-30(47-10)22-20-29)33-32(49-52(11,12)38(4,5)6)34(50-53(13,14)39(7,8)9)36(48-33)43-24-23-31(41-28(3)44)42-37(43)45/h19-24,32-36,40H,15-18,25-27H2,1-14H3,(H,41,42,44,45)/t32-,33+,34-,35+,36-/m1/s1. The van der Waals surface area contributed by atoms with Crippen LogP contribution < -0.4 is 21.1 Å². The largest absolute Gasteiger partial charge is 0.497 e. The van der Waals surface area contributed by atoms with Crippen molar-refractivity contribution in [1.82, 2.24) is 14.9 Å². The lowest BCUT2D eigenvalue weighted by atomic mass is 10.1. The third-order valence-electron chi connectivity index (χ3n) is 11.4. The Bertz CT molecular complexity index is 1590. The normalized spacial score (nSPS) is 20.7. The maximum Gasteiger partial charge on any atom is 0.351 e. The molecule has 1 fully saturated rings. The smallest absolute Gasteiger partial charge is 0.351 e. The van der Waals surface area contributed by atoms with Crippen LogP contribution in [-0.2, 0) is 29.5 Å². The molecule has 5 atom stereocenters. The zero-order valence-corrected chi connectivity index (χ0v) is 37.9. The minimum atomic E-state index is -2.99. The maximum atomic E-state index is 15.7. The van der Waals surface area contributed by atoms with Gasteiger partial charge in [-0.05, 0) is 72.9 Å². The highest BCUT2D eigenvalue weighted by Gasteiger charge is 2.58. The lowest BCUT2D eigenvalue weighted by Gasteiger charge is -2.45. The molecule has 1 aliphatic rings. The second-order valence-corrected chi connectivity index (χ2v) is 30.5. The fourth-order valence-electron chi connectivity index (χ4n) is 6.05. The number of hydrogen-bond acceptors (Lipinski definition) is 9. The van der Waals surface area contributed by atoms with Crippen LogP contribution in [0.25, 0.3) is 0 Å². The van der Waals surface area contributed by atoms with Crippen molar-refractivity contribution in [2.24, 2.45) is 0 Å². The Morgan fingerprint density at radius 1 is 0.925 bits per heavy atom. The van der Waals surface area contributed by atoms with E-state index in [0.717, 1.165) is 37.0 Å². The molecule has 0 aliphatic carbocycles. The van der Waals surface area contributed by atoms with Gasteiger partial charge in [-0.2, -0.15) is 4.98 Å². The maximum absolute atomic E-state index is 15.7. The van der Waals surface area contributed by atoms with E-state index in [-0.39, 0.29) is 21.8 Å². The van der Waals surface area contributed by atoms with Gasteiger partial charge >= 0.3 is 5.69 Å². The monoisotopic (exact) mass is 792 g/mol. The topological polar surface area (TPSA) is 130 Å². The molecule has 0 radical (unpaired) electrons. The van der Waals surface area contributed by atoms with Crippen LogP contribution in [0.15, 0.2) is 41.3 Å². The minimum Gasteiger partial charge on any atom is -0.497 e. The van der Waals surface area contributed by atoms with Crippen LogP contribution in [0.5, 0.6) is 5.75 Å². The Kier molecular flexibility index (Phi) is 15.6. The minimum absolute atomic E-state index is 0.157. The molecule has 0 bridgehead atoms. The molecular formula is C39H69N4O7PSi2. The van der Waals surface area contributed by atoms with Gasteiger partial charge in [-0.3, -0.25) is 9.36 Å². The molecule has 2 N–H and O–H groups in total. The average Bonchev–Trinajstić information content (AvgIpc) is 3.37. The molecule has 300 valence electrons. The average molecular weight is 793 g/mol. The number of carbonyl (C=O) groups excluding carboxylic acids is 1. The van der Waals surface area contributed by atoms with Crippen LogP contribution in [0.1, 0.15) is 99.8 Å². The lowest BCUT2D eigenvalue weighted by molar-refractivity contribution is -0.114. The summed E-state index contributed by atoms with van der Waals surface area (Å²) in [5.41, 5.74) is 0.437. The van der Waals surface area contributed by atoms with Gasteiger partial charge < -0.3 is 33.5 Å². The number of rotatable bonds is 18. The van der Waals surface area contributed by atoms with Crippen molar-refractivity contribution in [1.29, 1.82) is 0 Å². The zero-order valence-electron chi connectivity index (χ0n) is 35.0. The number of hydrogen-bond donors (Lipinski definition) is 2. The molecule has 11 nitrogen and oxygen atoms in total. The van der Waals surface area contributed by atoms with E-state index >= 15 is 4.57 Å². The van der Waals surface area contributed by atoms with Gasteiger partial charge in [-0.25, -0.2) is 4.79 Å². The van der Waals surface area contributed by atoms with Gasteiger partial charge in [0.1, 0.15) is 37.0 Å². The number of nitrogens with zero attached hydrogens (tertiary/aromatic N) is 2. The third-order valence-corrected chi connectivity index (χ3v) is 24.0. The van der Waals surface area contributed by atoms with E-state index in [9.17, 15) is 9.59 Å². The fourth-order valence-corrected chi connectivity index (χ4v) is 12.3. The van der Waals surface area contributed by atoms with Crippen molar-refractivity contribution in [3.8, 4) is 5.75 Å². The summed E-state index contributed by atoms with van der Waals surface area (Å²) in [5, 5.41) is 6.06. The fraction of sp³-hybridized carbons (Fsp3) is 0.718. The molecular weight excluding hydrogens is 724 g/mol. The second-order valence-electron chi connectivity index (χ2n) is 17.6. The number of aromatic nitrogens is 2. The molecule has 1 saturated heterocycles. The lowest BCUT2D eigenvalue weighted by Crippen LogP contribution is -2.56. The van der Waals surface area contributed by atoms with E-state index in [1.165, 1.54) is 11.5 Å². The van der Waals surface area contributed by atoms with Gasteiger partial charge in [0, 0.05) is 32.0 Å². The van der Waals surface area contributed by atoms with Crippen LogP contribution in [0.3, 0.4) is 0 Å². The summed E-state index contributed by atoms with van der Waals surface area (Å²) in [6.45, 7) is 28.0. The van der Waals surface area contributed by atoms with Crippen LogP contribution >= 0.6 is 7.14 Å². The van der Waals surface area contributed by atoms with Crippen LogP contribution in [0.2, 0.25) is 36.3 Å². The quantitative estimate of drug-likeness (QED) is 0.112. The van der Waals surface area contributed by atoms with E-state index in [1.807, 2.05) is 24.3 Å². The van der Waals surface area contributed by atoms with E-state index in [1.54, 1.807) is 19.4 Å². The van der Waals surface area contributed by atoms with Crippen molar-refractivity contribution in [3.63, 3.8) is 0 Å². The SMILES string of the molecule is CCCCP(=O)(CCCC)[C@H](NCc1ccc(OC)cc1)[C@H]1O[C@@H](n2ccc(NC(C)=O)nc2=O)[C@H](O[Si](C)(C)C(C)(C)C)[C@@H]1O[Si](C)(C)C(C)(C)C. The predicted octanol–water partition coefficient (Wildman–Crippen LogP) is 8.97. The number of ether oxygens (including phenoxy) is 2. The first kappa shape index (κ1) is 45.3. The molecule has 1 amide bonds. The molecule has 1 aliphatic heterocycles. The second kappa shape index (κ2) is 18.2. The molecule has 0 unspecified atom stereocenters. The summed E-state index contributed by atoms with van der Waals surface area (Å²) in [6.07, 6.45) is 3.22. The molecule has 3 rings (SSSR count). The first-order valence-electron chi connectivity index (χ1n) is 19.3. The van der Waals surface area contributed by atoms with Gasteiger partial charge in [0.25, 0.3) is 0 Å². The Labute approximate surface area is 321 Å². The van der Waals surface area contributed by atoms with E-state index in [4.69, 9.17) is 18.3 Å². The highest BCUT2D eigenvalue weighted by molar-refractivity contribution is 7.64. The number of amides is 1. The number of unbranched alkanes of at least 4 members (excludes halogenated alkanes) is 2. The number of methoxy groups -OCH3 is 1. The highest BCUT2D eigenvalue weighted by atomic mass is 31.2. The Balaban J connectivity index is 2.33. The van der Waals surface area contributed by atoms with E-state index in [0.29, 0.717) is 18.9 Å². The molecule has 1 aromatic carbocycles. The van der Waals surface area contributed by atoms with Crippen molar-refractivity contribution in [3.05, 3.63) is 52.6 Å². The number of benzene rings is 1. The Hall–Kier alpha value is -2.13. The van der Waals surface area contributed by atoms with Crippen molar-refractivity contribution in [2.45, 2.75) is 161 Å². The van der Waals surface area contributed by atoms with Crippen LogP contribution in [0, 0.1) is 0 Å². The van der Waals surface area contributed by atoms with E-state index in [2.05, 4.69) is 97.2 Å². The van der Waals surface area contributed by atoms with Crippen molar-refractivity contribution in [2.75, 3.05) is 24.8 Å². The third kappa shape index (κ3) is 11.5. The van der Waals surface area contributed by atoms with Crippen molar-refractivity contribution < 1.29 is 27.7 Å². The van der Waals surface area contributed by atoms with Gasteiger partial charge in [-0.1, -0.05) is 80.4 Å². The predicted molar refractivity (Wildman–Crippen MR) is 222 cm³/mol. The van der Waals surface area contributed by atoms with Crippen LogP contribution in [-0.4, -0.2) is 75.6 Å². The Morgan fingerprint density at radius 2 is 1.45 bits per heavy atom. The molecule has 1 aromatic heterocycles. The first-order chi connectivity index (χ1) is 24.5. The Morgan fingerprint density at radius 3 is 1.91 bits per heavy atom. The summed E-state index contributed by atoms with van der Waals surface area (Å²) >= 11 is 0. The van der Waals surface area contributed by atoms with Gasteiger partial charge in [-0.15, -0.1) is 0 Å². The van der Waals surface area contributed by atoms with Crippen molar-refractivity contribution >= 4 is 35.5 Å². The molecule has 0 spiro atoms. The molecule has 14 heteroatoms. The number of nitrogens with one attached hydrogen (secondary N) is 2.